The number of benzene rings is 2. The minimum absolute atomic E-state index is 0.233. The molecule has 33 heavy (non-hydrogen) atoms. The fourth-order valence-corrected chi connectivity index (χ4v) is 5.18. The number of rotatable bonds is 7. The minimum Gasteiger partial charge on any atom is -0.467 e. The molecule has 2 aliphatic rings. The maximum absolute atomic E-state index is 13.5. The van der Waals surface area contributed by atoms with Crippen LogP contribution >= 0.6 is 23.4 Å². The van der Waals surface area contributed by atoms with Crippen molar-refractivity contribution in [2.75, 3.05) is 39.6 Å². The van der Waals surface area contributed by atoms with Crippen LogP contribution in [0.5, 0.6) is 5.75 Å². The van der Waals surface area contributed by atoms with E-state index in [-0.39, 0.29) is 12.6 Å². The first-order valence-electron chi connectivity index (χ1n) is 10.8. The van der Waals surface area contributed by atoms with Crippen LogP contribution in [0, 0.1) is 5.82 Å². The molecular weight excluding hydrogens is 467 g/mol. The molecule has 174 valence electrons. The molecule has 0 unspecified atom stereocenters. The Hall–Kier alpha value is -2.17. The zero-order chi connectivity index (χ0) is 22.6. The molecule has 1 aromatic heterocycles. The molecule has 7 nitrogen and oxygen atoms in total. The summed E-state index contributed by atoms with van der Waals surface area (Å²) in [5.74, 6) is 1.91. The lowest BCUT2D eigenvalue weighted by atomic mass is 10.1. The number of morpholine rings is 1. The number of nitrogens with zero attached hydrogens (tertiary/aromatic N) is 4. The van der Waals surface area contributed by atoms with Crippen molar-refractivity contribution in [3.05, 3.63) is 58.4 Å². The van der Waals surface area contributed by atoms with Gasteiger partial charge in [-0.2, -0.15) is 0 Å². The average Bonchev–Trinajstić information content (AvgIpc) is 3.25. The Morgan fingerprint density at radius 2 is 1.85 bits per heavy atom. The number of fused-ring (bicyclic) bond motifs is 1. The Balaban J connectivity index is 1.39. The van der Waals surface area contributed by atoms with Crippen molar-refractivity contribution in [2.24, 2.45) is 0 Å². The van der Waals surface area contributed by atoms with E-state index in [9.17, 15) is 4.39 Å². The zero-order valence-electron chi connectivity index (χ0n) is 18.0. The van der Waals surface area contributed by atoms with Crippen LogP contribution in [0.3, 0.4) is 0 Å². The van der Waals surface area contributed by atoms with Gasteiger partial charge in [-0.05, 0) is 36.4 Å². The molecule has 3 heterocycles. The van der Waals surface area contributed by atoms with Gasteiger partial charge in [0.25, 0.3) is 0 Å². The number of ether oxygens (including phenoxy) is 3. The summed E-state index contributed by atoms with van der Waals surface area (Å²) < 4.78 is 32.2. The van der Waals surface area contributed by atoms with Crippen LogP contribution in [0.2, 0.25) is 5.02 Å². The molecule has 0 aliphatic carbocycles. The van der Waals surface area contributed by atoms with Crippen molar-refractivity contribution in [3.8, 4) is 17.1 Å². The van der Waals surface area contributed by atoms with Gasteiger partial charge in [-0.3, -0.25) is 4.90 Å². The Bertz CT molecular complexity index is 1110. The smallest absolute Gasteiger partial charge is 0.191 e. The van der Waals surface area contributed by atoms with E-state index in [1.165, 1.54) is 12.1 Å². The van der Waals surface area contributed by atoms with Crippen LogP contribution in [0.25, 0.3) is 11.4 Å². The Labute approximate surface area is 200 Å². The van der Waals surface area contributed by atoms with Gasteiger partial charge < -0.3 is 18.8 Å². The number of thioether (sulfide) groups is 1. The van der Waals surface area contributed by atoms with E-state index >= 15 is 0 Å². The topological polar surface area (TPSA) is 61.6 Å². The molecule has 0 spiro atoms. The predicted molar refractivity (Wildman–Crippen MR) is 124 cm³/mol. The van der Waals surface area contributed by atoms with E-state index in [1.807, 2.05) is 12.1 Å². The van der Waals surface area contributed by atoms with Crippen LogP contribution in [-0.4, -0.2) is 59.3 Å². The van der Waals surface area contributed by atoms with Crippen LogP contribution in [-0.2, 0) is 28.4 Å². The number of hydrogen-bond acceptors (Lipinski definition) is 7. The first-order valence-corrected chi connectivity index (χ1v) is 12.2. The van der Waals surface area contributed by atoms with Gasteiger partial charge in [-0.25, -0.2) is 4.39 Å². The lowest BCUT2D eigenvalue weighted by molar-refractivity contribution is -0.0168. The summed E-state index contributed by atoms with van der Waals surface area (Å²) in [6, 6.07) is 10.2. The summed E-state index contributed by atoms with van der Waals surface area (Å²) in [5.41, 5.74) is 2.78. The molecule has 2 aromatic carbocycles. The van der Waals surface area contributed by atoms with Crippen LogP contribution < -0.4 is 4.74 Å². The average molecular weight is 491 g/mol. The van der Waals surface area contributed by atoms with Gasteiger partial charge in [0.05, 0.1) is 19.8 Å². The van der Waals surface area contributed by atoms with Gasteiger partial charge in [0.2, 0.25) is 0 Å². The van der Waals surface area contributed by atoms with E-state index in [4.69, 9.17) is 25.8 Å². The lowest BCUT2D eigenvalue weighted by Gasteiger charge is -2.27. The first kappa shape index (κ1) is 22.6. The normalized spacial score (nSPS) is 16.4. The third-order valence-electron chi connectivity index (χ3n) is 5.67. The number of aromatic nitrogens is 3. The summed E-state index contributed by atoms with van der Waals surface area (Å²) in [7, 11) is 0. The Morgan fingerprint density at radius 1 is 1.03 bits per heavy atom. The molecule has 5 rings (SSSR count). The molecule has 1 saturated heterocycles. The van der Waals surface area contributed by atoms with Crippen molar-refractivity contribution in [2.45, 2.75) is 24.1 Å². The summed E-state index contributed by atoms with van der Waals surface area (Å²) in [6.07, 6.45) is 0. The number of halogens is 2. The fraction of sp³-hybridized carbons (Fsp3) is 0.391. The molecular formula is C23H24ClFN4O3S. The second-order valence-corrected chi connectivity index (χ2v) is 9.25. The minimum atomic E-state index is -0.276. The Kier molecular flexibility index (Phi) is 7.13. The third-order valence-corrected chi connectivity index (χ3v) is 6.91. The monoisotopic (exact) mass is 490 g/mol. The summed E-state index contributed by atoms with van der Waals surface area (Å²) in [6.45, 7) is 5.61. The highest BCUT2D eigenvalue weighted by molar-refractivity contribution is 7.98. The molecule has 0 radical (unpaired) electrons. The van der Waals surface area contributed by atoms with Crippen molar-refractivity contribution >= 4 is 23.4 Å². The molecule has 0 amide bonds. The van der Waals surface area contributed by atoms with Crippen molar-refractivity contribution in [3.63, 3.8) is 0 Å². The second kappa shape index (κ2) is 10.4. The summed E-state index contributed by atoms with van der Waals surface area (Å²) in [5, 5.41) is 10.4. The van der Waals surface area contributed by atoms with Crippen molar-refractivity contribution < 1.29 is 18.6 Å². The maximum Gasteiger partial charge on any atom is 0.191 e. The van der Waals surface area contributed by atoms with E-state index < -0.39 is 0 Å². The van der Waals surface area contributed by atoms with Gasteiger partial charge >= 0.3 is 0 Å². The fourth-order valence-electron chi connectivity index (χ4n) is 3.98. The van der Waals surface area contributed by atoms with E-state index in [2.05, 4.69) is 19.7 Å². The van der Waals surface area contributed by atoms with E-state index in [0.29, 0.717) is 17.4 Å². The highest BCUT2D eigenvalue weighted by Crippen LogP contribution is 2.36. The Morgan fingerprint density at radius 3 is 2.67 bits per heavy atom. The largest absolute Gasteiger partial charge is 0.467 e. The van der Waals surface area contributed by atoms with Gasteiger partial charge in [0, 0.05) is 53.6 Å². The van der Waals surface area contributed by atoms with Gasteiger partial charge in [0.1, 0.15) is 11.6 Å². The molecule has 10 heteroatoms. The van der Waals surface area contributed by atoms with E-state index in [0.717, 1.165) is 72.8 Å². The van der Waals surface area contributed by atoms with Gasteiger partial charge in [-0.1, -0.05) is 23.4 Å². The lowest BCUT2D eigenvalue weighted by Crippen LogP contribution is -2.38. The first-order chi connectivity index (χ1) is 16.2. The zero-order valence-corrected chi connectivity index (χ0v) is 19.6. The highest BCUT2D eigenvalue weighted by Gasteiger charge is 2.20. The van der Waals surface area contributed by atoms with Crippen molar-refractivity contribution in [1.29, 1.82) is 0 Å². The molecule has 0 N–H and O–H groups in total. The summed E-state index contributed by atoms with van der Waals surface area (Å²) >= 11 is 7.91. The SMILES string of the molecule is Fc1ccc(-c2nnc(SCc3cc(Cl)cc4c3OCOC4)n2CCN2CCOCC2)cc1. The number of hydrogen-bond donors (Lipinski definition) is 0. The highest BCUT2D eigenvalue weighted by atomic mass is 35.5. The third kappa shape index (κ3) is 5.33. The molecule has 1 fully saturated rings. The van der Waals surface area contributed by atoms with Crippen molar-refractivity contribution in [1.82, 2.24) is 19.7 Å². The van der Waals surface area contributed by atoms with Crippen LogP contribution in [0.15, 0.2) is 41.6 Å². The van der Waals surface area contributed by atoms with E-state index in [1.54, 1.807) is 23.9 Å². The molecule has 0 bridgehead atoms. The maximum atomic E-state index is 13.5. The molecule has 0 saturated carbocycles. The molecule has 3 aromatic rings. The van der Waals surface area contributed by atoms with Gasteiger partial charge in [-0.15, -0.1) is 10.2 Å². The predicted octanol–water partition coefficient (Wildman–Crippen LogP) is 4.23. The summed E-state index contributed by atoms with van der Waals surface area (Å²) in [4.78, 5) is 2.37. The molecule has 0 atom stereocenters. The van der Waals surface area contributed by atoms with Gasteiger partial charge in [0.15, 0.2) is 17.8 Å². The quantitative estimate of drug-likeness (QED) is 0.459. The molecule has 2 aliphatic heterocycles. The van der Waals surface area contributed by atoms with Crippen LogP contribution in [0.4, 0.5) is 4.39 Å². The second-order valence-electron chi connectivity index (χ2n) is 7.87. The standard InChI is InChI=1S/C23H24ClFN4O3S/c24-19-11-17-13-31-15-32-21(17)18(12-19)14-33-23-27-26-22(16-1-3-20(25)4-2-16)29(23)6-5-28-7-9-30-10-8-28/h1-4,11-12H,5-10,13-15H2. The van der Waals surface area contributed by atoms with Crippen LogP contribution in [0.1, 0.15) is 11.1 Å².